The predicted octanol–water partition coefficient (Wildman–Crippen LogP) is 8.06. The molecule has 0 aromatic heterocycles. The monoisotopic (exact) mass is 532 g/mol. The van der Waals surface area contributed by atoms with E-state index >= 15 is 0 Å². The second-order valence-corrected chi connectivity index (χ2v) is 13.0. The van der Waals surface area contributed by atoms with Gasteiger partial charge in [0.1, 0.15) is 23.1 Å². The molecular weight excluding hydrogens is 484 g/mol. The van der Waals surface area contributed by atoms with E-state index in [4.69, 9.17) is 9.47 Å². The number of ether oxygens (including phenoxy) is 2. The van der Waals surface area contributed by atoms with Crippen LogP contribution >= 0.6 is 0 Å². The van der Waals surface area contributed by atoms with Crippen molar-refractivity contribution >= 4 is 11.6 Å². The van der Waals surface area contributed by atoms with E-state index in [1.54, 1.807) is 6.92 Å². The van der Waals surface area contributed by atoms with Gasteiger partial charge in [0.2, 0.25) is 0 Å². The van der Waals surface area contributed by atoms with Crippen LogP contribution in [0.25, 0.3) is 0 Å². The minimum atomic E-state index is -0.498. The van der Waals surface area contributed by atoms with E-state index < -0.39 is 5.41 Å². The van der Waals surface area contributed by atoms with Crippen molar-refractivity contribution in [3.05, 3.63) is 58.7 Å². The highest BCUT2D eigenvalue weighted by atomic mass is 16.5. The summed E-state index contributed by atoms with van der Waals surface area (Å²) in [4.78, 5) is 27.0. The highest BCUT2D eigenvalue weighted by Gasteiger charge is 2.53. The number of carbonyl (C=O) groups is 2. The third-order valence-electron chi connectivity index (χ3n) is 9.39. The Balaban J connectivity index is 1.60. The molecule has 2 aliphatic carbocycles. The van der Waals surface area contributed by atoms with Gasteiger partial charge in [0.15, 0.2) is 0 Å². The molecule has 2 atom stereocenters. The van der Waals surface area contributed by atoms with E-state index in [1.807, 2.05) is 20.8 Å². The summed E-state index contributed by atoms with van der Waals surface area (Å²) in [5.74, 6) is 2.45. The van der Waals surface area contributed by atoms with Crippen LogP contribution in [0, 0.1) is 29.6 Å². The number of carbonyl (C=O) groups excluding carboxylic acids is 2. The van der Waals surface area contributed by atoms with E-state index in [-0.39, 0.29) is 28.8 Å². The summed E-state index contributed by atoms with van der Waals surface area (Å²) < 4.78 is 12.0. The lowest BCUT2D eigenvalue weighted by Crippen LogP contribution is -2.49. The standard InChI is InChI=1S/C35H48O4/c1-8-38-32-18-29(19-33(24(32)4)39-9-2)23(3)30(15-14-26-16-27-12-10-11-13-28(27)17-26)31(37)20-35(25(5)36)21-34(6,7)22-35/h10-13,18-19,23,26,30H,8-9,14-17,20-22H2,1-7H3/t23-,30?/m1/s1. The number of Topliss-reactive ketones (excluding diaryl/α,β-unsaturated/α-hetero) is 2. The first-order valence-corrected chi connectivity index (χ1v) is 15.0. The molecule has 2 aromatic carbocycles. The van der Waals surface area contributed by atoms with E-state index in [0.717, 1.165) is 61.2 Å². The summed E-state index contributed by atoms with van der Waals surface area (Å²) >= 11 is 0. The largest absolute Gasteiger partial charge is 0.493 e. The lowest BCUT2D eigenvalue weighted by Gasteiger charge is -2.52. The predicted molar refractivity (Wildman–Crippen MR) is 158 cm³/mol. The molecule has 212 valence electrons. The van der Waals surface area contributed by atoms with Gasteiger partial charge >= 0.3 is 0 Å². The summed E-state index contributed by atoms with van der Waals surface area (Å²) in [6, 6.07) is 12.9. The van der Waals surface area contributed by atoms with Crippen molar-refractivity contribution < 1.29 is 19.1 Å². The number of ketones is 2. The maximum Gasteiger partial charge on any atom is 0.137 e. The molecule has 0 bridgehead atoms. The summed E-state index contributed by atoms with van der Waals surface area (Å²) in [6.07, 6.45) is 5.97. The Morgan fingerprint density at radius 2 is 1.51 bits per heavy atom. The Morgan fingerprint density at radius 1 is 0.974 bits per heavy atom. The molecule has 0 aliphatic heterocycles. The highest BCUT2D eigenvalue weighted by Crippen LogP contribution is 2.57. The molecule has 2 aliphatic rings. The van der Waals surface area contributed by atoms with Gasteiger partial charge < -0.3 is 9.47 Å². The SMILES string of the molecule is CCOc1cc([C@@H](C)C(CCC2Cc3ccccc3C2)C(=O)CC2(C(C)=O)CC(C)(C)C2)cc(OCC)c1C. The molecule has 1 fully saturated rings. The van der Waals surface area contributed by atoms with Crippen LogP contribution in [-0.4, -0.2) is 24.8 Å². The average Bonchev–Trinajstić information content (AvgIpc) is 3.28. The summed E-state index contributed by atoms with van der Waals surface area (Å²) in [5, 5.41) is 0. The molecule has 2 aromatic rings. The molecule has 0 amide bonds. The van der Waals surface area contributed by atoms with Gasteiger partial charge in [-0.05, 0) is 112 Å². The summed E-state index contributed by atoms with van der Waals surface area (Å²) in [7, 11) is 0. The van der Waals surface area contributed by atoms with Crippen LogP contribution in [0.4, 0.5) is 0 Å². The molecule has 39 heavy (non-hydrogen) atoms. The molecule has 0 spiro atoms. The number of fused-ring (bicyclic) bond motifs is 1. The third kappa shape index (κ3) is 6.42. The van der Waals surface area contributed by atoms with Crippen LogP contribution in [-0.2, 0) is 22.4 Å². The molecule has 0 N–H and O–H groups in total. The van der Waals surface area contributed by atoms with Crippen LogP contribution in [0.2, 0.25) is 0 Å². The number of hydrogen-bond donors (Lipinski definition) is 0. The highest BCUT2D eigenvalue weighted by molar-refractivity contribution is 5.92. The van der Waals surface area contributed by atoms with Crippen LogP contribution in [0.15, 0.2) is 36.4 Å². The van der Waals surface area contributed by atoms with Gasteiger partial charge in [-0.2, -0.15) is 0 Å². The summed E-state index contributed by atoms with van der Waals surface area (Å²) in [6.45, 7) is 15.4. The summed E-state index contributed by atoms with van der Waals surface area (Å²) in [5.41, 5.74) is 4.60. The molecule has 1 saturated carbocycles. The van der Waals surface area contributed by atoms with Crippen molar-refractivity contribution in [3.63, 3.8) is 0 Å². The maximum absolute atomic E-state index is 14.2. The van der Waals surface area contributed by atoms with Crippen molar-refractivity contribution in [1.29, 1.82) is 0 Å². The van der Waals surface area contributed by atoms with E-state index in [9.17, 15) is 9.59 Å². The maximum atomic E-state index is 14.2. The zero-order valence-corrected chi connectivity index (χ0v) is 25.2. The normalized spacial score (nSPS) is 19.1. The minimum absolute atomic E-state index is 0.00242. The number of hydrogen-bond acceptors (Lipinski definition) is 4. The quantitative estimate of drug-likeness (QED) is 0.262. The van der Waals surface area contributed by atoms with Crippen LogP contribution in [0.1, 0.15) is 102 Å². The fourth-order valence-corrected chi connectivity index (χ4v) is 7.49. The smallest absolute Gasteiger partial charge is 0.137 e. The van der Waals surface area contributed by atoms with E-state index in [0.29, 0.717) is 25.6 Å². The Labute approximate surface area is 235 Å². The van der Waals surface area contributed by atoms with Crippen molar-refractivity contribution in [1.82, 2.24) is 0 Å². The fraction of sp³-hybridized carbons (Fsp3) is 0.600. The Kier molecular flexibility index (Phi) is 8.93. The van der Waals surface area contributed by atoms with E-state index in [1.165, 1.54) is 11.1 Å². The van der Waals surface area contributed by atoms with Gasteiger partial charge in [-0.25, -0.2) is 0 Å². The van der Waals surface area contributed by atoms with Crippen molar-refractivity contribution in [3.8, 4) is 11.5 Å². The Morgan fingerprint density at radius 3 is 1.97 bits per heavy atom. The van der Waals surface area contributed by atoms with Crippen LogP contribution < -0.4 is 9.47 Å². The van der Waals surface area contributed by atoms with Crippen LogP contribution in [0.3, 0.4) is 0 Å². The van der Waals surface area contributed by atoms with Gasteiger partial charge in [-0.3, -0.25) is 9.59 Å². The molecule has 4 nitrogen and oxygen atoms in total. The molecule has 4 rings (SSSR count). The molecule has 0 saturated heterocycles. The molecule has 0 radical (unpaired) electrons. The first-order chi connectivity index (χ1) is 18.5. The van der Waals surface area contributed by atoms with Gasteiger partial charge in [0.25, 0.3) is 0 Å². The average molecular weight is 533 g/mol. The first-order valence-electron chi connectivity index (χ1n) is 15.0. The zero-order chi connectivity index (χ0) is 28.4. The van der Waals surface area contributed by atoms with Crippen LogP contribution in [0.5, 0.6) is 11.5 Å². The van der Waals surface area contributed by atoms with Crippen molar-refractivity contribution in [2.24, 2.45) is 22.7 Å². The Hall–Kier alpha value is -2.62. The third-order valence-corrected chi connectivity index (χ3v) is 9.39. The van der Waals surface area contributed by atoms with E-state index in [2.05, 4.69) is 57.2 Å². The zero-order valence-electron chi connectivity index (χ0n) is 25.2. The van der Waals surface area contributed by atoms with Gasteiger partial charge in [-0.15, -0.1) is 0 Å². The first kappa shape index (κ1) is 29.4. The van der Waals surface area contributed by atoms with Gasteiger partial charge in [-0.1, -0.05) is 45.0 Å². The number of rotatable bonds is 13. The molecule has 1 unspecified atom stereocenters. The second-order valence-electron chi connectivity index (χ2n) is 13.0. The van der Waals surface area contributed by atoms with Crippen molar-refractivity contribution in [2.75, 3.05) is 13.2 Å². The topological polar surface area (TPSA) is 52.6 Å². The van der Waals surface area contributed by atoms with Crippen molar-refractivity contribution in [2.45, 2.75) is 99.3 Å². The van der Waals surface area contributed by atoms with Gasteiger partial charge in [0.05, 0.1) is 13.2 Å². The number of benzene rings is 2. The molecule has 4 heteroatoms. The minimum Gasteiger partial charge on any atom is -0.493 e. The Bertz CT molecular complexity index is 1130. The van der Waals surface area contributed by atoms with Gasteiger partial charge in [0, 0.05) is 23.3 Å². The fourth-order valence-electron chi connectivity index (χ4n) is 7.49. The lowest BCUT2D eigenvalue weighted by molar-refractivity contribution is -0.147. The second kappa shape index (κ2) is 11.9. The lowest BCUT2D eigenvalue weighted by atomic mass is 9.51. The molecule has 0 heterocycles. The molecular formula is C35H48O4.